The summed E-state index contributed by atoms with van der Waals surface area (Å²) in [5.41, 5.74) is 0.532. The van der Waals surface area contributed by atoms with Crippen molar-refractivity contribution in [3.05, 3.63) is 29.6 Å². The monoisotopic (exact) mass is 295 g/mol. The normalized spacial score (nSPS) is 15.3. The number of piperazine rings is 1. The van der Waals surface area contributed by atoms with Gasteiger partial charge in [-0.15, -0.1) is 0 Å². The quantitative estimate of drug-likeness (QED) is 0.868. The molecule has 0 saturated carbocycles. The van der Waals surface area contributed by atoms with Gasteiger partial charge in [-0.3, -0.25) is 9.69 Å². The second-order valence-electron chi connectivity index (χ2n) is 5.24. The van der Waals surface area contributed by atoms with Crippen molar-refractivity contribution < 1.29 is 13.9 Å². The number of carbonyl (C=O) groups excluding carboxylic acids is 1. The van der Waals surface area contributed by atoms with Crippen molar-refractivity contribution in [3.63, 3.8) is 0 Å². The highest BCUT2D eigenvalue weighted by atomic mass is 19.1. The second kappa shape index (κ2) is 7.38. The number of likely N-dealkylation sites (N-methyl/N-ethyl adjacent to an activating group) is 1. The first kappa shape index (κ1) is 15.7. The van der Waals surface area contributed by atoms with Gasteiger partial charge in [0.15, 0.2) is 11.6 Å². The Kier molecular flexibility index (Phi) is 5.52. The number of hydrogen-bond acceptors (Lipinski definition) is 4. The van der Waals surface area contributed by atoms with Crippen LogP contribution in [0.15, 0.2) is 18.2 Å². The molecule has 1 aliphatic rings. The molecular weight excluding hydrogens is 273 g/mol. The maximum absolute atomic E-state index is 14.1. The molecular formula is C15H22FN3O2. The van der Waals surface area contributed by atoms with Crippen LogP contribution in [0.25, 0.3) is 0 Å². The van der Waals surface area contributed by atoms with Gasteiger partial charge < -0.3 is 15.0 Å². The molecule has 2 rings (SSSR count). The molecule has 1 fully saturated rings. The van der Waals surface area contributed by atoms with Gasteiger partial charge in [0.1, 0.15) is 0 Å². The first-order valence-corrected chi connectivity index (χ1v) is 7.10. The lowest BCUT2D eigenvalue weighted by Crippen LogP contribution is -2.49. The smallest absolute Gasteiger partial charge is 0.236 e. The minimum Gasteiger partial charge on any atom is -0.494 e. The molecule has 116 valence electrons. The molecule has 0 spiro atoms. The van der Waals surface area contributed by atoms with Crippen LogP contribution in [0.3, 0.4) is 0 Å². The first-order valence-electron chi connectivity index (χ1n) is 7.10. The van der Waals surface area contributed by atoms with Crippen LogP contribution in [0.1, 0.15) is 5.56 Å². The van der Waals surface area contributed by atoms with E-state index in [1.54, 1.807) is 18.2 Å². The minimum absolute atomic E-state index is 0.0855. The van der Waals surface area contributed by atoms with E-state index in [2.05, 4.69) is 5.32 Å². The summed E-state index contributed by atoms with van der Waals surface area (Å²) in [6.07, 6.45) is 0. The summed E-state index contributed by atoms with van der Waals surface area (Å²) in [4.78, 5) is 15.8. The fourth-order valence-electron chi connectivity index (χ4n) is 2.43. The molecule has 1 saturated heterocycles. The van der Waals surface area contributed by atoms with E-state index in [1.165, 1.54) is 7.11 Å². The Morgan fingerprint density at radius 2 is 2.14 bits per heavy atom. The summed E-state index contributed by atoms with van der Waals surface area (Å²) in [6, 6.07) is 5.05. The van der Waals surface area contributed by atoms with Gasteiger partial charge in [-0.25, -0.2) is 4.39 Å². The molecule has 5 nitrogen and oxygen atoms in total. The Morgan fingerprint density at radius 3 is 2.81 bits per heavy atom. The van der Waals surface area contributed by atoms with Gasteiger partial charge in [-0.1, -0.05) is 12.1 Å². The summed E-state index contributed by atoms with van der Waals surface area (Å²) in [5, 5.41) is 3.21. The third-order valence-electron chi connectivity index (χ3n) is 3.58. The molecule has 1 aromatic carbocycles. The zero-order valence-corrected chi connectivity index (χ0v) is 12.6. The Balaban J connectivity index is 1.92. The van der Waals surface area contributed by atoms with Crippen LogP contribution < -0.4 is 10.1 Å². The van der Waals surface area contributed by atoms with Gasteiger partial charge >= 0.3 is 0 Å². The minimum atomic E-state index is -0.360. The van der Waals surface area contributed by atoms with Crippen LogP contribution in [-0.4, -0.2) is 62.6 Å². The summed E-state index contributed by atoms with van der Waals surface area (Å²) in [7, 11) is 3.26. The maximum Gasteiger partial charge on any atom is 0.236 e. The number of hydrogen-bond donors (Lipinski definition) is 1. The van der Waals surface area contributed by atoms with Gasteiger partial charge in [-0.2, -0.15) is 0 Å². The maximum atomic E-state index is 14.1. The van der Waals surface area contributed by atoms with E-state index in [4.69, 9.17) is 4.74 Å². The molecule has 0 aliphatic carbocycles. The number of amides is 1. The first-order chi connectivity index (χ1) is 10.1. The molecule has 21 heavy (non-hydrogen) atoms. The van der Waals surface area contributed by atoms with Gasteiger partial charge in [-0.05, 0) is 13.1 Å². The zero-order chi connectivity index (χ0) is 15.2. The van der Waals surface area contributed by atoms with Crippen molar-refractivity contribution in [2.24, 2.45) is 0 Å². The van der Waals surface area contributed by atoms with Crippen molar-refractivity contribution in [3.8, 4) is 5.75 Å². The van der Waals surface area contributed by atoms with Crippen LogP contribution in [0.2, 0.25) is 0 Å². The summed E-state index contributed by atoms with van der Waals surface area (Å²) < 4.78 is 19.0. The van der Waals surface area contributed by atoms with Crippen molar-refractivity contribution in [2.75, 3.05) is 46.9 Å². The Bertz CT molecular complexity index is 490. The molecule has 0 bridgehead atoms. The highest BCUT2D eigenvalue weighted by Crippen LogP contribution is 2.20. The highest BCUT2D eigenvalue weighted by Gasteiger charge is 2.18. The van der Waals surface area contributed by atoms with E-state index >= 15 is 0 Å². The van der Waals surface area contributed by atoms with Crippen LogP contribution in [-0.2, 0) is 11.3 Å². The average molecular weight is 295 g/mol. The molecule has 1 aliphatic heterocycles. The molecule has 0 atom stereocenters. The Morgan fingerprint density at radius 1 is 1.43 bits per heavy atom. The number of carbonyl (C=O) groups is 1. The predicted molar refractivity (Wildman–Crippen MR) is 78.7 cm³/mol. The summed E-state index contributed by atoms with van der Waals surface area (Å²) in [5.74, 6) is -0.0434. The third kappa shape index (κ3) is 4.15. The molecule has 1 heterocycles. The van der Waals surface area contributed by atoms with Gasteiger partial charge in [0.25, 0.3) is 0 Å². The fraction of sp³-hybridized carbons (Fsp3) is 0.533. The van der Waals surface area contributed by atoms with Crippen molar-refractivity contribution in [2.45, 2.75) is 6.54 Å². The van der Waals surface area contributed by atoms with E-state index < -0.39 is 0 Å². The molecule has 0 unspecified atom stereocenters. The van der Waals surface area contributed by atoms with Gasteiger partial charge in [0.2, 0.25) is 5.91 Å². The number of rotatable bonds is 5. The van der Waals surface area contributed by atoms with Crippen molar-refractivity contribution >= 4 is 5.91 Å². The van der Waals surface area contributed by atoms with E-state index in [0.29, 0.717) is 12.1 Å². The highest BCUT2D eigenvalue weighted by molar-refractivity contribution is 5.78. The Labute approximate surface area is 124 Å². The van der Waals surface area contributed by atoms with Crippen LogP contribution in [0.4, 0.5) is 4.39 Å². The average Bonchev–Trinajstić information content (AvgIpc) is 2.50. The molecule has 6 heteroatoms. The number of halogens is 1. The van der Waals surface area contributed by atoms with Crippen molar-refractivity contribution in [1.82, 2.24) is 15.1 Å². The summed E-state index contributed by atoms with van der Waals surface area (Å²) >= 11 is 0. The van der Waals surface area contributed by atoms with E-state index in [9.17, 15) is 9.18 Å². The van der Waals surface area contributed by atoms with Crippen molar-refractivity contribution in [1.29, 1.82) is 0 Å². The summed E-state index contributed by atoms with van der Waals surface area (Å²) in [6.45, 7) is 3.80. The lowest BCUT2D eigenvalue weighted by Gasteiger charge is -2.29. The number of nitrogens with zero attached hydrogens (tertiary/aromatic N) is 2. The predicted octanol–water partition coefficient (Wildman–Crippen LogP) is 0.698. The third-order valence-corrected chi connectivity index (χ3v) is 3.58. The largest absolute Gasteiger partial charge is 0.494 e. The molecule has 1 aromatic rings. The van der Waals surface area contributed by atoms with Crippen LogP contribution in [0.5, 0.6) is 5.75 Å². The standard InChI is InChI=1S/C15H22FN3O2/c1-18(11-14(20)19-8-6-17-7-9-19)10-12-4-3-5-13(21-2)15(12)16/h3-5,17H,6-11H2,1-2H3. The van der Waals surface area contributed by atoms with E-state index in [-0.39, 0.29) is 24.0 Å². The van der Waals surface area contributed by atoms with Gasteiger partial charge in [0, 0.05) is 38.3 Å². The topological polar surface area (TPSA) is 44.8 Å². The fourth-order valence-corrected chi connectivity index (χ4v) is 2.43. The number of methoxy groups -OCH3 is 1. The van der Waals surface area contributed by atoms with Crippen LogP contribution in [0, 0.1) is 5.82 Å². The Hall–Kier alpha value is -1.66. The van der Waals surface area contributed by atoms with E-state index in [1.807, 2.05) is 16.8 Å². The SMILES string of the molecule is COc1cccc(CN(C)CC(=O)N2CCNCC2)c1F. The van der Waals surface area contributed by atoms with Gasteiger partial charge in [0.05, 0.1) is 13.7 Å². The molecule has 0 aromatic heterocycles. The second-order valence-corrected chi connectivity index (χ2v) is 5.24. The lowest BCUT2D eigenvalue weighted by molar-refractivity contribution is -0.132. The lowest BCUT2D eigenvalue weighted by atomic mass is 10.2. The number of ether oxygens (including phenoxy) is 1. The van der Waals surface area contributed by atoms with Crippen LogP contribution >= 0.6 is 0 Å². The molecule has 1 amide bonds. The molecule has 1 N–H and O–H groups in total. The van der Waals surface area contributed by atoms with E-state index in [0.717, 1.165) is 26.2 Å². The molecule has 0 radical (unpaired) electrons. The number of nitrogens with one attached hydrogen (secondary N) is 1. The zero-order valence-electron chi connectivity index (χ0n) is 12.6. The number of benzene rings is 1.